The minimum atomic E-state index is -0.439. The first kappa shape index (κ1) is 12.5. The third kappa shape index (κ3) is 2.65. The van der Waals surface area contributed by atoms with Crippen molar-refractivity contribution in [3.63, 3.8) is 0 Å². The Morgan fingerprint density at radius 3 is 2.29 bits per heavy atom. The maximum atomic E-state index is 13.7. The highest BCUT2D eigenvalue weighted by atomic mass is 19.1. The third-order valence-corrected chi connectivity index (χ3v) is 3.51. The predicted molar refractivity (Wildman–Crippen MR) is 63.0 cm³/mol. The summed E-state index contributed by atoms with van der Waals surface area (Å²) in [6, 6.07) is 4.06. The molecule has 1 aliphatic heterocycles. The Balaban J connectivity index is 2.12. The molecule has 94 valence electrons. The summed E-state index contributed by atoms with van der Waals surface area (Å²) < 4.78 is 32.8. The van der Waals surface area contributed by atoms with Crippen molar-refractivity contribution in [3.8, 4) is 0 Å². The average molecular weight is 240 g/mol. The normalized spacial score (nSPS) is 24.7. The molecule has 1 aliphatic rings. The van der Waals surface area contributed by atoms with Crippen molar-refractivity contribution < 1.29 is 13.5 Å². The van der Waals surface area contributed by atoms with Gasteiger partial charge in [0.2, 0.25) is 0 Å². The minimum absolute atomic E-state index is 0.0854. The zero-order chi connectivity index (χ0) is 12.4. The number of benzene rings is 1. The highest BCUT2D eigenvalue weighted by Gasteiger charge is 2.39. The first-order chi connectivity index (χ1) is 8.17. The summed E-state index contributed by atoms with van der Waals surface area (Å²) >= 11 is 0. The molecule has 1 saturated heterocycles. The van der Waals surface area contributed by atoms with Gasteiger partial charge in [-0.15, -0.1) is 0 Å². The lowest BCUT2D eigenvalue weighted by molar-refractivity contribution is 0.345. The van der Waals surface area contributed by atoms with Crippen LogP contribution in [0.25, 0.3) is 0 Å². The van der Waals surface area contributed by atoms with Gasteiger partial charge >= 0.3 is 0 Å². The van der Waals surface area contributed by atoms with E-state index in [1.165, 1.54) is 18.2 Å². The monoisotopic (exact) mass is 240 g/mol. The van der Waals surface area contributed by atoms with Crippen molar-refractivity contribution in [3.05, 3.63) is 35.4 Å². The molecule has 1 fully saturated rings. The molecule has 0 amide bonds. The van der Waals surface area contributed by atoms with E-state index in [-0.39, 0.29) is 17.6 Å². The van der Waals surface area contributed by atoms with E-state index in [1.54, 1.807) is 0 Å². The van der Waals surface area contributed by atoms with Crippen LogP contribution >= 0.6 is 0 Å². The van der Waals surface area contributed by atoms with Gasteiger partial charge in [-0.25, -0.2) is 8.78 Å². The molecule has 0 radical (unpaired) electrons. The second-order valence-electron chi connectivity index (χ2n) is 4.60. The molecular formula is C14H18F2O. The van der Waals surface area contributed by atoms with Crippen LogP contribution in [0.2, 0.25) is 0 Å². The van der Waals surface area contributed by atoms with Crippen molar-refractivity contribution in [2.75, 3.05) is 0 Å². The molecule has 0 saturated carbocycles. The highest BCUT2D eigenvalue weighted by molar-refractivity contribution is 5.24. The summed E-state index contributed by atoms with van der Waals surface area (Å²) in [6.07, 6.45) is 2.89. The van der Waals surface area contributed by atoms with Gasteiger partial charge in [0.15, 0.2) is 0 Å². The Hall–Kier alpha value is -0.960. The number of epoxide rings is 1. The molecule has 2 rings (SSSR count). The smallest absolute Gasteiger partial charge is 0.129 e. The molecule has 3 unspecified atom stereocenters. The fourth-order valence-electron chi connectivity index (χ4n) is 2.42. The minimum Gasteiger partial charge on any atom is -0.370 e. The SMILES string of the molecule is CCC(CC1OC1CC)c1c(F)cccc1F. The van der Waals surface area contributed by atoms with E-state index in [0.717, 1.165) is 12.8 Å². The van der Waals surface area contributed by atoms with E-state index in [2.05, 4.69) is 6.92 Å². The molecule has 1 nitrogen and oxygen atoms in total. The quantitative estimate of drug-likeness (QED) is 0.708. The molecule has 0 aliphatic carbocycles. The van der Waals surface area contributed by atoms with Gasteiger partial charge in [0, 0.05) is 5.56 Å². The number of ether oxygens (including phenoxy) is 1. The first-order valence-corrected chi connectivity index (χ1v) is 6.26. The molecule has 3 heteroatoms. The van der Waals surface area contributed by atoms with Crippen molar-refractivity contribution in [1.29, 1.82) is 0 Å². The van der Waals surface area contributed by atoms with E-state index < -0.39 is 11.6 Å². The van der Waals surface area contributed by atoms with E-state index in [9.17, 15) is 8.78 Å². The fraction of sp³-hybridized carbons (Fsp3) is 0.571. The van der Waals surface area contributed by atoms with E-state index in [4.69, 9.17) is 4.74 Å². The van der Waals surface area contributed by atoms with Crippen molar-refractivity contribution in [1.82, 2.24) is 0 Å². The maximum absolute atomic E-state index is 13.7. The molecule has 0 aromatic heterocycles. The van der Waals surface area contributed by atoms with Crippen LogP contribution in [0.4, 0.5) is 8.78 Å². The Labute approximate surface area is 101 Å². The molecular weight excluding hydrogens is 222 g/mol. The van der Waals surface area contributed by atoms with Crippen LogP contribution in [0.15, 0.2) is 18.2 Å². The molecule has 0 bridgehead atoms. The van der Waals surface area contributed by atoms with Gasteiger partial charge in [0.25, 0.3) is 0 Å². The summed E-state index contributed by atoms with van der Waals surface area (Å²) in [7, 11) is 0. The summed E-state index contributed by atoms with van der Waals surface area (Å²) in [5.74, 6) is -0.964. The van der Waals surface area contributed by atoms with Crippen LogP contribution in [-0.4, -0.2) is 12.2 Å². The van der Waals surface area contributed by atoms with Gasteiger partial charge in [-0.05, 0) is 37.3 Å². The average Bonchev–Trinajstić information content (AvgIpc) is 3.06. The highest BCUT2D eigenvalue weighted by Crippen LogP contribution is 2.37. The zero-order valence-electron chi connectivity index (χ0n) is 10.2. The van der Waals surface area contributed by atoms with Gasteiger partial charge in [-0.2, -0.15) is 0 Å². The lowest BCUT2D eigenvalue weighted by Gasteiger charge is -2.15. The van der Waals surface area contributed by atoms with Crippen LogP contribution in [0.1, 0.15) is 44.6 Å². The van der Waals surface area contributed by atoms with Crippen LogP contribution < -0.4 is 0 Å². The van der Waals surface area contributed by atoms with Gasteiger partial charge in [-0.1, -0.05) is 19.9 Å². The molecule has 0 N–H and O–H groups in total. The van der Waals surface area contributed by atoms with E-state index in [0.29, 0.717) is 12.5 Å². The number of halogens is 2. The van der Waals surface area contributed by atoms with E-state index in [1.807, 2.05) is 6.92 Å². The molecule has 1 aromatic carbocycles. The predicted octanol–water partition coefficient (Wildman–Crippen LogP) is 4.03. The first-order valence-electron chi connectivity index (χ1n) is 6.26. The maximum Gasteiger partial charge on any atom is 0.129 e. The van der Waals surface area contributed by atoms with Crippen molar-refractivity contribution >= 4 is 0 Å². The number of hydrogen-bond donors (Lipinski definition) is 0. The summed E-state index contributed by atoms with van der Waals surface area (Å²) in [4.78, 5) is 0. The summed E-state index contributed by atoms with van der Waals surface area (Å²) in [5.41, 5.74) is 0.223. The van der Waals surface area contributed by atoms with Crippen LogP contribution in [0.3, 0.4) is 0 Å². The fourth-order valence-corrected chi connectivity index (χ4v) is 2.42. The van der Waals surface area contributed by atoms with Crippen LogP contribution in [0, 0.1) is 11.6 Å². The topological polar surface area (TPSA) is 12.5 Å². The molecule has 0 spiro atoms. The summed E-state index contributed by atoms with van der Waals surface area (Å²) in [6.45, 7) is 4.02. The van der Waals surface area contributed by atoms with Gasteiger partial charge in [0.1, 0.15) is 11.6 Å². The summed E-state index contributed by atoms with van der Waals surface area (Å²) in [5, 5.41) is 0. The standard InChI is InChI=1S/C14H18F2O/c1-3-9(8-13-12(4-2)17-13)14-10(15)6-5-7-11(14)16/h5-7,9,12-13H,3-4,8H2,1-2H3. The van der Waals surface area contributed by atoms with Crippen molar-refractivity contribution in [2.24, 2.45) is 0 Å². The van der Waals surface area contributed by atoms with Gasteiger partial charge in [0.05, 0.1) is 12.2 Å². The molecule has 3 atom stereocenters. The number of rotatable bonds is 5. The van der Waals surface area contributed by atoms with Crippen LogP contribution in [0.5, 0.6) is 0 Å². The Bertz CT molecular complexity index is 372. The van der Waals surface area contributed by atoms with Gasteiger partial charge < -0.3 is 4.74 Å². The molecule has 1 aromatic rings. The lowest BCUT2D eigenvalue weighted by Crippen LogP contribution is -2.08. The number of hydrogen-bond acceptors (Lipinski definition) is 1. The Morgan fingerprint density at radius 1 is 1.18 bits per heavy atom. The second-order valence-corrected chi connectivity index (χ2v) is 4.60. The largest absolute Gasteiger partial charge is 0.370 e. The van der Waals surface area contributed by atoms with Crippen molar-refractivity contribution in [2.45, 2.75) is 51.2 Å². The van der Waals surface area contributed by atoms with Crippen LogP contribution in [-0.2, 0) is 4.74 Å². The van der Waals surface area contributed by atoms with Gasteiger partial charge in [-0.3, -0.25) is 0 Å². The second kappa shape index (κ2) is 5.13. The zero-order valence-corrected chi connectivity index (χ0v) is 10.2. The molecule has 1 heterocycles. The lowest BCUT2D eigenvalue weighted by atomic mass is 9.90. The third-order valence-electron chi connectivity index (χ3n) is 3.51. The Morgan fingerprint density at radius 2 is 1.82 bits per heavy atom. The van der Waals surface area contributed by atoms with E-state index >= 15 is 0 Å². The Kier molecular flexibility index (Phi) is 3.77. The molecule has 17 heavy (non-hydrogen) atoms.